The van der Waals surface area contributed by atoms with E-state index in [1.807, 2.05) is 0 Å². The van der Waals surface area contributed by atoms with Gasteiger partial charge in [-0.2, -0.15) is 0 Å². The number of carbonyl (C=O) groups excluding carboxylic acids is 12. The molecule has 4 rings (SSSR count). The van der Waals surface area contributed by atoms with Crippen molar-refractivity contribution in [3.8, 4) is 0 Å². The Morgan fingerprint density at radius 1 is 0.862 bits per heavy atom. The lowest BCUT2D eigenvalue weighted by atomic mass is 9.68. The van der Waals surface area contributed by atoms with E-state index in [1.54, 1.807) is 24.3 Å². The first-order valence-corrected chi connectivity index (χ1v) is 21.7. The molecule has 312 valence electrons. The van der Waals surface area contributed by atoms with Crippen molar-refractivity contribution < 1.29 is 62.3 Å². The number of nitrogens with zero attached hydrogens (tertiary/aromatic N) is 2. The van der Waals surface area contributed by atoms with Crippen LogP contribution in [0.15, 0.2) is 24.3 Å². The number of Topliss-reactive ketones (excluding diaryl/α,β-unsaturated/α-hetero) is 6. The van der Waals surface area contributed by atoms with Crippen LogP contribution in [0.2, 0.25) is 0 Å². The van der Waals surface area contributed by atoms with E-state index < -0.39 is 95.3 Å². The van der Waals surface area contributed by atoms with Crippen molar-refractivity contribution in [3.63, 3.8) is 0 Å². The van der Waals surface area contributed by atoms with Gasteiger partial charge in [0.15, 0.2) is 28.9 Å². The third-order valence-electron chi connectivity index (χ3n) is 9.77. The van der Waals surface area contributed by atoms with Crippen LogP contribution in [0.5, 0.6) is 0 Å². The second kappa shape index (κ2) is 20.9. The van der Waals surface area contributed by atoms with E-state index in [0.717, 1.165) is 43.0 Å². The van der Waals surface area contributed by atoms with Gasteiger partial charge in [-0.05, 0) is 44.9 Å². The smallest absolute Gasteiger partial charge is 0.250 e. The lowest BCUT2D eigenvalue weighted by Crippen LogP contribution is -2.54. The molecule has 2 atom stereocenters. The molecule has 17 nitrogen and oxygen atoms in total. The molecule has 0 bridgehead atoms. The Morgan fingerprint density at radius 3 is 2.07 bits per heavy atom. The zero-order valence-electron chi connectivity index (χ0n) is 32.2. The normalized spacial score (nSPS) is 17.0. The molecule has 0 spiro atoms. The number of benzene rings is 1. The molecule has 0 aromatic heterocycles. The molecular weight excluding hydrogens is 817 g/mol. The number of ether oxygens (including phenoxy) is 1. The number of rotatable bonds is 25. The topological polar surface area (TPSA) is 245 Å². The number of hydrogen-bond donors (Lipinski definition) is 2. The van der Waals surface area contributed by atoms with E-state index in [4.69, 9.17) is 4.74 Å². The van der Waals surface area contributed by atoms with Crippen molar-refractivity contribution in [1.82, 2.24) is 15.1 Å². The summed E-state index contributed by atoms with van der Waals surface area (Å²) in [6, 6.07) is 6.65. The van der Waals surface area contributed by atoms with Gasteiger partial charge in [-0.3, -0.25) is 67.3 Å². The molecule has 0 aliphatic carbocycles. The molecule has 2 unspecified atom stereocenters. The van der Waals surface area contributed by atoms with E-state index in [0.29, 0.717) is 25.1 Å². The molecule has 3 saturated heterocycles. The quantitative estimate of drug-likeness (QED) is 0.0462. The van der Waals surface area contributed by atoms with Crippen LogP contribution in [0.4, 0.5) is 5.69 Å². The molecular formula is C38H44N4O13S3. The van der Waals surface area contributed by atoms with Gasteiger partial charge in [-0.15, -0.1) is 11.8 Å². The van der Waals surface area contributed by atoms with Crippen LogP contribution in [0.3, 0.4) is 0 Å². The second-order valence-corrected chi connectivity index (χ2v) is 18.0. The summed E-state index contributed by atoms with van der Waals surface area (Å²) in [7, 11) is 2.84. The Bertz CT molecular complexity index is 1850. The highest BCUT2D eigenvalue weighted by atomic mass is 33.2. The van der Waals surface area contributed by atoms with Gasteiger partial charge in [-0.1, -0.05) is 33.7 Å². The van der Waals surface area contributed by atoms with E-state index in [2.05, 4.69) is 10.6 Å². The maximum absolute atomic E-state index is 13.8. The first-order valence-electron chi connectivity index (χ1n) is 18.4. The van der Waals surface area contributed by atoms with Crippen LogP contribution in [-0.2, 0) is 68.7 Å². The van der Waals surface area contributed by atoms with Crippen molar-refractivity contribution in [2.75, 3.05) is 43.9 Å². The zero-order chi connectivity index (χ0) is 42.7. The first-order chi connectivity index (χ1) is 27.4. The molecule has 1 aromatic carbocycles. The molecule has 1 aromatic rings. The lowest BCUT2D eigenvalue weighted by molar-refractivity contribution is -0.156. The summed E-state index contributed by atoms with van der Waals surface area (Å²) in [5, 5.41) is 4.23. The van der Waals surface area contributed by atoms with Crippen LogP contribution in [0.1, 0.15) is 64.9 Å². The molecule has 0 saturated carbocycles. The van der Waals surface area contributed by atoms with Crippen molar-refractivity contribution in [2.45, 2.75) is 75.5 Å². The van der Waals surface area contributed by atoms with Crippen LogP contribution >= 0.6 is 33.3 Å². The van der Waals surface area contributed by atoms with Gasteiger partial charge >= 0.3 is 0 Å². The average molecular weight is 861 g/mol. The fraction of sp³-hybridized carbons (Fsp3) is 0.526. The van der Waals surface area contributed by atoms with Gasteiger partial charge < -0.3 is 15.4 Å². The van der Waals surface area contributed by atoms with E-state index in [-0.39, 0.29) is 60.2 Å². The number of aryl methyl sites for hydroxylation is 1. The maximum atomic E-state index is 13.8. The molecule has 3 heterocycles. The first kappa shape index (κ1) is 46.2. The number of imide groups is 2. The number of likely N-dealkylation sites (tertiary alicyclic amines) is 2. The van der Waals surface area contributed by atoms with Crippen molar-refractivity contribution >= 4 is 109 Å². The average Bonchev–Trinajstić information content (AvgIpc) is 3.97. The van der Waals surface area contributed by atoms with Crippen LogP contribution in [0.25, 0.3) is 0 Å². The number of hydrogen-bond acceptors (Lipinski definition) is 16. The number of amides is 6. The number of anilines is 1. The van der Waals surface area contributed by atoms with E-state index in [1.165, 1.54) is 26.5 Å². The Balaban J connectivity index is 1.26. The number of β-lactam (4-membered cyclic amide) rings is 1. The monoisotopic (exact) mass is 860 g/mol. The minimum atomic E-state index is -2.69. The highest BCUT2D eigenvalue weighted by Crippen LogP contribution is 2.54. The summed E-state index contributed by atoms with van der Waals surface area (Å²) < 4.78 is 5.04. The number of nitrogens with one attached hydrogen (secondary N) is 2. The lowest BCUT2D eigenvalue weighted by Gasteiger charge is -2.28. The van der Waals surface area contributed by atoms with Crippen molar-refractivity contribution in [3.05, 3.63) is 29.8 Å². The predicted molar refractivity (Wildman–Crippen MR) is 212 cm³/mol. The summed E-state index contributed by atoms with van der Waals surface area (Å²) in [4.78, 5) is 153. The highest BCUT2D eigenvalue weighted by Gasteiger charge is 2.54. The maximum Gasteiger partial charge on any atom is 0.250 e. The minimum Gasteiger partial charge on any atom is -0.362 e. The number of carbonyl (C=O) groups is 12. The van der Waals surface area contributed by atoms with Crippen molar-refractivity contribution in [2.24, 2.45) is 11.3 Å². The fourth-order valence-corrected chi connectivity index (χ4v) is 8.93. The Kier molecular flexibility index (Phi) is 16.7. The van der Waals surface area contributed by atoms with Gasteiger partial charge in [0, 0.05) is 75.5 Å². The minimum absolute atomic E-state index is 0.0199. The molecule has 6 amide bonds. The summed E-state index contributed by atoms with van der Waals surface area (Å²) >= 11 is 1.06. The summed E-state index contributed by atoms with van der Waals surface area (Å²) in [6.45, 7) is 1.38. The number of thioether (sulfide) groups is 1. The van der Waals surface area contributed by atoms with Gasteiger partial charge in [0.25, 0.3) is 0 Å². The molecule has 20 heteroatoms. The van der Waals surface area contributed by atoms with Crippen LogP contribution in [0, 0.1) is 11.3 Å². The standard InChI is InChI=1S/C38H44N4O13S3/c1-21(43)38(22(2)44,23(3)45)35(53)25(16-27(46)12-15-56-29-17-34(52)42(36(29)54)13-10-28(47)37-57-58-37)18-39-30(48)19-55-20-31(49)40-26-7-4-24(5-8-26)6-9-32(50)41-14-11-33(41)51/h4-5,7-8,25,29,37H,6,9-20H2,1-3H3,(H,39,48)(H,40,49). The largest absolute Gasteiger partial charge is 0.362 e. The SMILES string of the molecule is CC(=O)C(C(C)=O)(C(C)=O)C(=O)C(CNC(=O)COCC(=O)Nc1ccc(CCC(=O)N2CCC2=O)cc1)CC(=O)CCSC1CC(=O)N(CCC(=O)C2SS2)C1=O. The van der Waals surface area contributed by atoms with E-state index >= 15 is 0 Å². The van der Waals surface area contributed by atoms with Gasteiger partial charge in [0.2, 0.25) is 40.9 Å². The summed E-state index contributed by atoms with van der Waals surface area (Å²) in [5.41, 5.74) is -1.46. The molecule has 58 heavy (non-hydrogen) atoms. The van der Waals surface area contributed by atoms with Crippen molar-refractivity contribution in [1.29, 1.82) is 0 Å². The molecule has 3 aliphatic heterocycles. The molecule has 3 fully saturated rings. The Morgan fingerprint density at radius 2 is 1.50 bits per heavy atom. The van der Waals surface area contributed by atoms with Crippen LogP contribution < -0.4 is 10.6 Å². The van der Waals surface area contributed by atoms with Gasteiger partial charge in [-0.25, -0.2) is 0 Å². The fourth-order valence-electron chi connectivity index (χ4n) is 6.45. The predicted octanol–water partition coefficient (Wildman–Crippen LogP) is 1.28. The summed E-state index contributed by atoms with van der Waals surface area (Å²) in [5.74, 6) is -9.02. The number of ketones is 6. The Labute approximate surface area is 346 Å². The van der Waals surface area contributed by atoms with E-state index in [9.17, 15) is 57.5 Å². The van der Waals surface area contributed by atoms with Gasteiger partial charge in [0.1, 0.15) is 23.6 Å². The third kappa shape index (κ3) is 12.0. The Hall–Kier alpha value is -4.53. The third-order valence-corrected chi connectivity index (χ3v) is 13.0. The van der Waals surface area contributed by atoms with Crippen LogP contribution in [-0.4, -0.2) is 128 Å². The molecule has 0 radical (unpaired) electrons. The zero-order valence-corrected chi connectivity index (χ0v) is 34.6. The highest BCUT2D eigenvalue weighted by molar-refractivity contribution is 8.93. The molecule has 2 N–H and O–H groups in total. The molecule has 3 aliphatic rings. The van der Waals surface area contributed by atoms with Gasteiger partial charge in [0.05, 0.1) is 5.25 Å². The summed E-state index contributed by atoms with van der Waals surface area (Å²) in [6.07, 6.45) is 0.136. The second-order valence-electron chi connectivity index (χ2n) is 13.9.